The number of amides is 1. The van der Waals surface area contributed by atoms with Crippen LogP contribution >= 0.6 is 0 Å². The summed E-state index contributed by atoms with van der Waals surface area (Å²) >= 11 is 0. The van der Waals surface area contributed by atoms with Crippen LogP contribution in [0.1, 0.15) is 226 Å². The van der Waals surface area contributed by atoms with Gasteiger partial charge in [0.25, 0.3) is 0 Å². The number of hydrogen-bond donors (Lipinski definition) is 7. The van der Waals surface area contributed by atoms with E-state index in [1.807, 2.05) is 0 Å². The maximum atomic E-state index is 13.2. The lowest BCUT2D eigenvalue weighted by Crippen LogP contribution is -2.61. The van der Waals surface area contributed by atoms with Crippen molar-refractivity contribution in [2.45, 2.75) is 275 Å². The van der Waals surface area contributed by atoms with E-state index in [1.54, 1.807) is 6.08 Å². The van der Waals surface area contributed by atoms with Crippen LogP contribution in [0.4, 0.5) is 0 Å². The van der Waals surface area contributed by atoms with Crippen LogP contribution < -0.4 is 5.32 Å². The molecule has 0 spiro atoms. The Labute approximate surface area is 413 Å². The van der Waals surface area contributed by atoms with Crippen molar-refractivity contribution in [2.24, 2.45) is 0 Å². The highest BCUT2D eigenvalue weighted by atomic mass is 32.3. The van der Waals surface area contributed by atoms with E-state index in [9.17, 15) is 43.3 Å². The number of hydrogen-bond acceptors (Lipinski definition) is 11. The quantitative estimate of drug-likeness (QED) is 0.0172. The lowest BCUT2D eigenvalue weighted by molar-refractivity contribution is -0.298. The summed E-state index contributed by atoms with van der Waals surface area (Å²) in [5.41, 5.74) is 0. The Hall–Kier alpha value is -1.98. The molecule has 68 heavy (non-hydrogen) atoms. The molecule has 1 saturated heterocycles. The van der Waals surface area contributed by atoms with Crippen LogP contribution in [0.5, 0.6) is 0 Å². The third kappa shape index (κ3) is 35.2. The first-order chi connectivity index (χ1) is 32.9. The molecule has 0 aromatic rings. The van der Waals surface area contributed by atoms with Gasteiger partial charge in [0.2, 0.25) is 5.91 Å². The minimum Gasteiger partial charge on any atom is -0.394 e. The molecular weight excluding hydrogens is 887 g/mol. The number of nitrogens with one attached hydrogen (secondary N) is 1. The number of ether oxygens (including phenoxy) is 2. The summed E-state index contributed by atoms with van der Waals surface area (Å²) in [7, 11) is -5.13. The Bertz CT molecular complexity index is 1410. The fourth-order valence-corrected chi connectivity index (χ4v) is 8.88. The Kier molecular flexibility index (Phi) is 41.2. The van der Waals surface area contributed by atoms with Crippen LogP contribution in [0.25, 0.3) is 0 Å². The number of carbonyl (C=O) groups excluding carboxylic acids is 1. The molecule has 1 heterocycles. The highest BCUT2D eigenvalue weighted by molar-refractivity contribution is 7.80. The number of aliphatic hydroxyl groups is 5. The molecule has 0 aliphatic carbocycles. The van der Waals surface area contributed by atoms with Gasteiger partial charge in [-0.1, -0.05) is 204 Å². The molecule has 13 nitrogen and oxygen atoms in total. The fraction of sp³-hybridized carbons (Fsp3) is 0.833. The van der Waals surface area contributed by atoms with E-state index >= 15 is 0 Å². The van der Waals surface area contributed by atoms with Crippen molar-refractivity contribution < 1.29 is 57.0 Å². The molecule has 0 radical (unpaired) electrons. The summed E-state index contributed by atoms with van der Waals surface area (Å²) in [4.78, 5) is 13.2. The Morgan fingerprint density at radius 3 is 1.41 bits per heavy atom. The summed E-state index contributed by atoms with van der Waals surface area (Å²) in [5, 5.41) is 55.4. The fourth-order valence-electron chi connectivity index (χ4n) is 8.37. The second-order valence-corrected chi connectivity index (χ2v) is 20.0. The molecule has 0 saturated carbocycles. The molecular formula is C54H99NO12S. The zero-order valence-electron chi connectivity index (χ0n) is 42.5. The van der Waals surface area contributed by atoms with Crippen LogP contribution in [0, 0.1) is 0 Å². The van der Waals surface area contributed by atoms with Gasteiger partial charge in [0, 0.05) is 0 Å². The van der Waals surface area contributed by atoms with Gasteiger partial charge in [-0.3, -0.25) is 9.35 Å². The Morgan fingerprint density at radius 2 is 0.985 bits per heavy atom. The normalized spacial score (nSPS) is 20.6. The lowest BCUT2D eigenvalue weighted by atomic mass is 9.99. The van der Waals surface area contributed by atoms with Gasteiger partial charge < -0.3 is 40.3 Å². The number of carbonyl (C=O) groups is 1. The molecule has 1 aliphatic heterocycles. The number of allylic oxidation sites excluding steroid dienone is 7. The highest BCUT2D eigenvalue weighted by Crippen LogP contribution is 2.26. The van der Waals surface area contributed by atoms with Crippen LogP contribution in [0.3, 0.4) is 0 Å². The average Bonchev–Trinajstić information content (AvgIpc) is 3.31. The van der Waals surface area contributed by atoms with Crippen molar-refractivity contribution in [1.29, 1.82) is 0 Å². The topological polar surface area (TPSA) is 212 Å². The predicted octanol–water partition coefficient (Wildman–Crippen LogP) is 11.0. The first kappa shape index (κ1) is 64.0. The van der Waals surface area contributed by atoms with Gasteiger partial charge in [0.15, 0.2) is 6.29 Å². The molecule has 7 N–H and O–H groups in total. The van der Waals surface area contributed by atoms with Gasteiger partial charge in [0.05, 0.1) is 25.4 Å². The molecule has 1 amide bonds. The average molecular weight is 986 g/mol. The summed E-state index contributed by atoms with van der Waals surface area (Å²) in [6.07, 6.45) is 43.3. The largest absolute Gasteiger partial charge is 0.397 e. The Morgan fingerprint density at radius 1 is 0.588 bits per heavy atom. The Balaban J connectivity index is 2.53. The molecule has 0 aromatic carbocycles. The third-order valence-electron chi connectivity index (χ3n) is 12.7. The van der Waals surface area contributed by atoms with E-state index in [2.05, 4.69) is 59.8 Å². The zero-order valence-corrected chi connectivity index (χ0v) is 43.3. The first-order valence-corrected chi connectivity index (χ1v) is 28.5. The summed E-state index contributed by atoms with van der Waals surface area (Å²) < 4.78 is 47.7. The van der Waals surface area contributed by atoms with E-state index in [0.717, 1.165) is 70.6 Å². The lowest BCUT2D eigenvalue weighted by Gasteiger charge is -2.41. The number of rotatable bonds is 46. The van der Waals surface area contributed by atoms with Crippen molar-refractivity contribution in [3.05, 3.63) is 48.6 Å². The molecule has 14 heteroatoms. The van der Waals surface area contributed by atoms with Crippen molar-refractivity contribution >= 4 is 16.3 Å². The van der Waals surface area contributed by atoms with Crippen LogP contribution in [0.15, 0.2) is 48.6 Å². The standard InChI is InChI=1S/C54H99NO12S/c1-3-5-7-9-11-13-15-17-19-21-23-25-26-28-30-32-34-36-38-40-42-47(57)46(45-65-54-51(60)52(67-68(62,63)64)50(59)49(44-56)66-54)55-53(61)48(58)43-41-39-37-35-33-31-29-27-24-22-20-18-16-14-12-10-8-6-4-2/h24-27,32,34,40,42,46-52,54,56-60H,3-23,28-31,33,35-39,41,43-45H2,1-2H3,(H,55,61)(H,62,63,64)/b26-25+,27-24-,34-32+,42-40+. The zero-order chi connectivity index (χ0) is 49.9. The summed E-state index contributed by atoms with van der Waals surface area (Å²) in [5.74, 6) is -0.720. The van der Waals surface area contributed by atoms with Gasteiger partial charge in [-0.15, -0.1) is 0 Å². The van der Waals surface area contributed by atoms with Crippen LogP contribution in [-0.4, -0.2) is 107 Å². The van der Waals surface area contributed by atoms with Gasteiger partial charge >= 0.3 is 10.4 Å². The third-order valence-corrected chi connectivity index (χ3v) is 13.1. The van der Waals surface area contributed by atoms with E-state index in [0.29, 0.717) is 12.8 Å². The monoisotopic (exact) mass is 986 g/mol. The van der Waals surface area contributed by atoms with E-state index in [-0.39, 0.29) is 6.42 Å². The van der Waals surface area contributed by atoms with E-state index < -0.39 is 78.5 Å². The second-order valence-electron chi connectivity index (χ2n) is 18.9. The molecule has 8 unspecified atom stereocenters. The summed E-state index contributed by atoms with van der Waals surface area (Å²) in [6, 6.07) is -1.15. The second kappa shape index (κ2) is 43.8. The molecule has 398 valence electrons. The van der Waals surface area contributed by atoms with Gasteiger partial charge in [0.1, 0.15) is 30.5 Å². The first-order valence-electron chi connectivity index (χ1n) is 27.1. The molecule has 8 atom stereocenters. The van der Waals surface area contributed by atoms with Crippen molar-refractivity contribution in [2.75, 3.05) is 13.2 Å². The van der Waals surface area contributed by atoms with Crippen molar-refractivity contribution in [3.63, 3.8) is 0 Å². The predicted molar refractivity (Wildman–Crippen MR) is 274 cm³/mol. The minimum absolute atomic E-state index is 0.226. The molecule has 1 aliphatic rings. The number of unbranched alkanes of at least 4 members (excludes halogenated alkanes) is 27. The molecule has 0 bridgehead atoms. The van der Waals surface area contributed by atoms with Crippen molar-refractivity contribution in [1.82, 2.24) is 5.32 Å². The number of aliphatic hydroxyl groups excluding tert-OH is 5. The molecule has 0 aromatic heterocycles. The van der Waals surface area contributed by atoms with Gasteiger partial charge in [-0.25, -0.2) is 4.18 Å². The van der Waals surface area contributed by atoms with Crippen LogP contribution in [-0.2, 0) is 28.9 Å². The molecule has 1 rings (SSSR count). The highest BCUT2D eigenvalue weighted by Gasteiger charge is 2.48. The van der Waals surface area contributed by atoms with Gasteiger partial charge in [-0.05, 0) is 70.6 Å². The van der Waals surface area contributed by atoms with E-state index in [4.69, 9.17) is 9.47 Å². The smallest absolute Gasteiger partial charge is 0.394 e. The maximum absolute atomic E-state index is 13.2. The molecule has 1 fully saturated rings. The SMILES string of the molecule is CCCCCCCCCCC/C=C\CCCCCCCCC(O)C(=O)NC(COC1OC(CO)C(O)C(OS(=O)(=O)O)C1O)C(O)/C=C/CC/C=C/CC/C=C/CCCCCCCCCCCC. The van der Waals surface area contributed by atoms with Crippen molar-refractivity contribution in [3.8, 4) is 0 Å². The summed E-state index contributed by atoms with van der Waals surface area (Å²) in [6.45, 7) is 3.22. The van der Waals surface area contributed by atoms with Gasteiger partial charge in [-0.2, -0.15) is 8.42 Å². The maximum Gasteiger partial charge on any atom is 0.397 e. The minimum atomic E-state index is -5.13. The van der Waals surface area contributed by atoms with E-state index in [1.165, 1.54) is 128 Å². The van der Waals surface area contributed by atoms with Crippen LogP contribution in [0.2, 0.25) is 0 Å².